The zero-order valence-electron chi connectivity index (χ0n) is 11.8. The van der Waals surface area contributed by atoms with Gasteiger partial charge in [0, 0.05) is 28.1 Å². The van der Waals surface area contributed by atoms with Gasteiger partial charge in [0.1, 0.15) is 5.82 Å². The van der Waals surface area contributed by atoms with Crippen LogP contribution in [-0.4, -0.2) is 16.1 Å². The summed E-state index contributed by atoms with van der Waals surface area (Å²) >= 11 is 6.00. The van der Waals surface area contributed by atoms with Crippen LogP contribution in [0, 0.1) is 10.1 Å². The van der Waals surface area contributed by atoms with Crippen LogP contribution >= 0.6 is 11.6 Å². The molecule has 23 heavy (non-hydrogen) atoms. The van der Waals surface area contributed by atoms with Crippen molar-refractivity contribution in [3.8, 4) is 0 Å². The minimum Gasteiger partial charge on any atom is -0.261 e. The van der Waals surface area contributed by atoms with E-state index in [2.05, 4.69) is 15.5 Å². The Hall–Kier alpha value is -2.99. The van der Waals surface area contributed by atoms with Gasteiger partial charge in [0.05, 0.1) is 16.7 Å². The summed E-state index contributed by atoms with van der Waals surface area (Å²) in [5.74, 6) is 0.571. The van der Waals surface area contributed by atoms with E-state index in [1.165, 1.54) is 24.4 Å². The molecule has 0 aliphatic rings. The highest BCUT2D eigenvalue weighted by Crippen LogP contribution is 2.20. The second-order valence-corrected chi connectivity index (χ2v) is 5.13. The molecule has 0 spiro atoms. The van der Waals surface area contributed by atoms with Crippen molar-refractivity contribution < 1.29 is 4.92 Å². The molecule has 7 heteroatoms. The second-order valence-electron chi connectivity index (χ2n) is 4.72. The maximum absolute atomic E-state index is 10.8. The number of fused-ring (bicyclic) bond motifs is 1. The number of benzene rings is 2. The first-order valence-electron chi connectivity index (χ1n) is 6.72. The van der Waals surface area contributed by atoms with Crippen molar-refractivity contribution in [2.24, 2.45) is 5.10 Å². The number of para-hydroxylation sites is 1. The van der Waals surface area contributed by atoms with Crippen LogP contribution in [0.2, 0.25) is 5.02 Å². The number of pyridine rings is 1. The normalized spacial score (nSPS) is 11.0. The molecule has 114 valence electrons. The summed E-state index contributed by atoms with van der Waals surface area (Å²) < 4.78 is 0. The number of anilines is 1. The van der Waals surface area contributed by atoms with Gasteiger partial charge in [-0.15, -0.1) is 0 Å². The fraction of sp³-hybridized carbons (Fsp3) is 0. The van der Waals surface area contributed by atoms with E-state index in [1.807, 2.05) is 30.3 Å². The Kier molecular flexibility index (Phi) is 4.16. The van der Waals surface area contributed by atoms with Gasteiger partial charge in [-0.3, -0.25) is 15.5 Å². The molecule has 3 rings (SSSR count). The number of hydrogen-bond donors (Lipinski definition) is 1. The first-order valence-corrected chi connectivity index (χ1v) is 7.10. The monoisotopic (exact) mass is 326 g/mol. The lowest BCUT2D eigenvalue weighted by atomic mass is 10.2. The third kappa shape index (κ3) is 3.44. The zero-order chi connectivity index (χ0) is 16.2. The molecule has 1 N–H and O–H groups in total. The fourth-order valence-electron chi connectivity index (χ4n) is 2.04. The topological polar surface area (TPSA) is 80.4 Å². The summed E-state index contributed by atoms with van der Waals surface area (Å²) in [6, 6.07) is 15.6. The van der Waals surface area contributed by atoms with Gasteiger partial charge >= 0.3 is 0 Å². The van der Waals surface area contributed by atoms with Crippen molar-refractivity contribution in [2.75, 3.05) is 5.43 Å². The lowest BCUT2D eigenvalue weighted by Gasteiger charge is -2.02. The smallest absolute Gasteiger partial charge is 0.261 e. The third-order valence-electron chi connectivity index (χ3n) is 3.17. The molecule has 0 unspecified atom stereocenters. The number of rotatable bonds is 4. The summed E-state index contributed by atoms with van der Waals surface area (Å²) in [6.07, 6.45) is 1.42. The van der Waals surface area contributed by atoms with Crippen LogP contribution < -0.4 is 5.43 Å². The Morgan fingerprint density at radius 2 is 2.00 bits per heavy atom. The first-order chi connectivity index (χ1) is 11.1. The number of hydrazone groups is 1. The number of nitro benzene ring substituents is 1. The third-order valence-corrected chi connectivity index (χ3v) is 3.52. The standard InChI is InChI=1S/C16H11ClN4O2/c17-14-7-6-13(21(22)23)9-12(14)10-18-20-16-8-5-11-3-1-2-4-15(11)19-16/h1-10H,(H,19,20). The maximum Gasteiger partial charge on any atom is 0.270 e. The van der Waals surface area contributed by atoms with Gasteiger partial charge in [0.15, 0.2) is 0 Å². The van der Waals surface area contributed by atoms with Gasteiger partial charge in [0.2, 0.25) is 0 Å². The quantitative estimate of drug-likeness (QED) is 0.441. The van der Waals surface area contributed by atoms with Crippen LogP contribution in [0.1, 0.15) is 5.56 Å². The van der Waals surface area contributed by atoms with E-state index in [9.17, 15) is 10.1 Å². The van der Waals surface area contributed by atoms with Crippen molar-refractivity contribution >= 4 is 40.2 Å². The number of nitrogens with zero attached hydrogens (tertiary/aromatic N) is 3. The molecule has 0 atom stereocenters. The molecule has 0 aliphatic heterocycles. The van der Waals surface area contributed by atoms with Crippen LogP contribution in [0.5, 0.6) is 0 Å². The van der Waals surface area contributed by atoms with Crippen molar-refractivity contribution in [3.63, 3.8) is 0 Å². The summed E-state index contributed by atoms with van der Waals surface area (Å²) in [4.78, 5) is 14.7. The Morgan fingerprint density at radius 1 is 1.17 bits per heavy atom. The number of aromatic nitrogens is 1. The largest absolute Gasteiger partial charge is 0.270 e. The van der Waals surface area contributed by atoms with Gasteiger partial charge in [-0.25, -0.2) is 4.98 Å². The molecule has 1 heterocycles. The molecule has 0 saturated heterocycles. The van der Waals surface area contributed by atoms with Crippen LogP contribution in [-0.2, 0) is 0 Å². The summed E-state index contributed by atoms with van der Waals surface area (Å²) in [5.41, 5.74) is 4.05. The summed E-state index contributed by atoms with van der Waals surface area (Å²) in [7, 11) is 0. The molecule has 0 bridgehead atoms. The van der Waals surface area contributed by atoms with Gasteiger partial charge in [-0.05, 0) is 24.3 Å². The second kappa shape index (κ2) is 6.41. The molecule has 0 aliphatic carbocycles. The maximum atomic E-state index is 10.8. The van der Waals surface area contributed by atoms with Crippen molar-refractivity contribution in [2.45, 2.75) is 0 Å². The highest BCUT2D eigenvalue weighted by Gasteiger charge is 2.08. The van der Waals surface area contributed by atoms with Gasteiger partial charge < -0.3 is 0 Å². The van der Waals surface area contributed by atoms with Gasteiger partial charge in [0.25, 0.3) is 5.69 Å². The van der Waals surface area contributed by atoms with E-state index in [0.717, 1.165) is 10.9 Å². The average Bonchev–Trinajstić information content (AvgIpc) is 2.56. The molecule has 0 radical (unpaired) electrons. The molecule has 2 aromatic carbocycles. The molecule has 0 amide bonds. The Labute approximate surface area is 136 Å². The molecule has 1 aromatic heterocycles. The Morgan fingerprint density at radius 3 is 2.83 bits per heavy atom. The average molecular weight is 327 g/mol. The summed E-state index contributed by atoms with van der Waals surface area (Å²) in [5, 5.41) is 16.2. The number of halogens is 1. The number of non-ortho nitro benzene ring substituents is 1. The first kappa shape index (κ1) is 14.9. The van der Waals surface area contributed by atoms with E-state index in [-0.39, 0.29) is 5.69 Å². The Bertz CT molecular complexity index is 911. The lowest BCUT2D eigenvalue weighted by molar-refractivity contribution is -0.384. The number of nitro groups is 1. The van der Waals surface area contributed by atoms with Crippen molar-refractivity contribution in [1.82, 2.24) is 4.98 Å². The molecule has 6 nitrogen and oxygen atoms in total. The minimum atomic E-state index is -0.480. The predicted octanol–water partition coefficient (Wildman–Crippen LogP) is 4.24. The number of nitrogens with one attached hydrogen (secondary N) is 1. The zero-order valence-corrected chi connectivity index (χ0v) is 12.6. The van der Waals surface area contributed by atoms with Crippen molar-refractivity contribution in [3.05, 3.63) is 75.3 Å². The van der Waals surface area contributed by atoms with E-state index in [1.54, 1.807) is 6.07 Å². The van der Waals surface area contributed by atoms with E-state index in [0.29, 0.717) is 16.4 Å². The molecular formula is C16H11ClN4O2. The SMILES string of the molecule is O=[N+]([O-])c1ccc(Cl)c(C=NNc2ccc3ccccc3n2)c1. The van der Waals surface area contributed by atoms with E-state index in [4.69, 9.17) is 11.6 Å². The molecule has 3 aromatic rings. The number of hydrogen-bond acceptors (Lipinski definition) is 5. The fourth-order valence-corrected chi connectivity index (χ4v) is 2.21. The minimum absolute atomic E-state index is 0.0420. The highest BCUT2D eigenvalue weighted by molar-refractivity contribution is 6.33. The van der Waals surface area contributed by atoms with Gasteiger partial charge in [-0.1, -0.05) is 29.8 Å². The molecular weight excluding hydrogens is 316 g/mol. The van der Waals surface area contributed by atoms with Crippen LogP contribution in [0.3, 0.4) is 0 Å². The van der Waals surface area contributed by atoms with Crippen LogP contribution in [0.15, 0.2) is 59.7 Å². The Balaban J connectivity index is 1.80. The van der Waals surface area contributed by atoms with E-state index < -0.39 is 4.92 Å². The van der Waals surface area contributed by atoms with Crippen molar-refractivity contribution in [1.29, 1.82) is 0 Å². The van der Waals surface area contributed by atoms with Gasteiger partial charge in [-0.2, -0.15) is 5.10 Å². The van der Waals surface area contributed by atoms with E-state index >= 15 is 0 Å². The van der Waals surface area contributed by atoms with Crippen LogP contribution in [0.4, 0.5) is 11.5 Å². The summed E-state index contributed by atoms with van der Waals surface area (Å²) in [6.45, 7) is 0. The predicted molar refractivity (Wildman–Crippen MR) is 91.1 cm³/mol. The highest BCUT2D eigenvalue weighted by atomic mass is 35.5. The van der Waals surface area contributed by atoms with Crippen LogP contribution in [0.25, 0.3) is 10.9 Å². The molecule has 0 fully saturated rings. The lowest BCUT2D eigenvalue weighted by Crippen LogP contribution is -1.95. The molecule has 0 saturated carbocycles.